The fourth-order valence-corrected chi connectivity index (χ4v) is 6.60. The van der Waals surface area contributed by atoms with Gasteiger partial charge in [0.05, 0.1) is 22.0 Å². The van der Waals surface area contributed by atoms with Crippen molar-refractivity contribution in [2.45, 2.75) is 30.1 Å². The van der Waals surface area contributed by atoms with Gasteiger partial charge in [0.15, 0.2) is 9.84 Å². The molecule has 1 atom stereocenters. The van der Waals surface area contributed by atoms with E-state index in [1.54, 1.807) is 12.1 Å². The third-order valence-corrected chi connectivity index (χ3v) is 8.17. The lowest BCUT2D eigenvalue weighted by atomic mass is 10.2. The minimum absolute atomic E-state index is 0.00908. The Morgan fingerprint density at radius 3 is 2.48 bits per heavy atom. The van der Waals surface area contributed by atoms with Gasteiger partial charge in [-0.3, -0.25) is 4.98 Å². The van der Waals surface area contributed by atoms with E-state index >= 15 is 0 Å². The molecule has 0 aliphatic carbocycles. The van der Waals surface area contributed by atoms with Gasteiger partial charge < -0.3 is 0 Å². The monoisotopic (exact) mass is 452 g/mol. The smallest absolute Gasteiger partial charge is 0.264 e. The van der Waals surface area contributed by atoms with E-state index in [9.17, 15) is 34.4 Å². The van der Waals surface area contributed by atoms with Crippen molar-refractivity contribution < 1.29 is 34.4 Å². The van der Waals surface area contributed by atoms with Crippen LogP contribution in [-0.4, -0.2) is 43.7 Å². The van der Waals surface area contributed by atoms with E-state index < -0.39 is 54.1 Å². The number of benzene rings is 1. The summed E-state index contributed by atoms with van der Waals surface area (Å²) in [6.45, 7) is -0.283. The summed E-state index contributed by atoms with van der Waals surface area (Å²) in [7, 11) is -8.03. The molecule has 1 aliphatic rings. The Hall–Kier alpha value is -2.05. The zero-order valence-corrected chi connectivity index (χ0v) is 16.4. The normalized spacial score (nSPS) is 19.6. The van der Waals surface area contributed by atoms with Gasteiger partial charge in [-0.05, 0) is 36.2 Å². The number of rotatable bonds is 5. The molecule has 0 spiro atoms. The van der Waals surface area contributed by atoms with Crippen LogP contribution in [0.2, 0.25) is 0 Å². The largest absolute Gasteiger partial charge is 0.419 e. The highest BCUT2D eigenvalue weighted by molar-refractivity contribution is 7.92. The van der Waals surface area contributed by atoms with E-state index in [-0.39, 0.29) is 24.8 Å². The molecule has 12 heteroatoms. The molecular formula is C17H16F4N2O4S2. The van der Waals surface area contributed by atoms with Gasteiger partial charge in [0, 0.05) is 25.0 Å². The number of hydrogen-bond donors (Lipinski definition) is 0. The molecule has 1 fully saturated rings. The molecule has 0 unspecified atom stereocenters. The van der Waals surface area contributed by atoms with Gasteiger partial charge in [-0.2, -0.15) is 17.5 Å². The molecule has 1 aliphatic heterocycles. The number of alkyl halides is 3. The van der Waals surface area contributed by atoms with E-state index in [2.05, 4.69) is 4.98 Å². The number of hydrogen-bond acceptors (Lipinski definition) is 5. The molecular weight excluding hydrogens is 436 g/mol. The van der Waals surface area contributed by atoms with Gasteiger partial charge in [-0.1, -0.05) is 6.07 Å². The van der Waals surface area contributed by atoms with Gasteiger partial charge in [0.1, 0.15) is 5.82 Å². The Bertz CT molecular complexity index is 1100. The maximum atomic E-state index is 13.6. The highest BCUT2D eigenvalue weighted by Gasteiger charge is 2.41. The molecule has 0 N–H and O–H groups in total. The van der Waals surface area contributed by atoms with Crippen LogP contribution in [0.3, 0.4) is 0 Å². The maximum absolute atomic E-state index is 13.6. The van der Waals surface area contributed by atoms with Crippen molar-refractivity contribution in [3.63, 3.8) is 0 Å². The van der Waals surface area contributed by atoms with E-state index in [0.717, 1.165) is 10.4 Å². The first kappa shape index (κ1) is 21.7. The fourth-order valence-electron chi connectivity index (χ4n) is 3.10. The maximum Gasteiger partial charge on any atom is 0.419 e. The second-order valence-electron chi connectivity index (χ2n) is 6.61. The molecule has 1 saturated heterocycles. The van der Waals surface area contributed by atoms with E-state index in [1.807, 2.05) is 0 Å². The molecule has 0 saturated carbocycles. The first-order chi connectivity index (χ1) is 13.4. The SMILES string of the molecule is O=S1(=O)CC[C@H](N(Cc2cccnc2)S(=O)(=O)c2ccc(F)c(C(F)(F)F)c2)C1. The van der Waals surface area contributed by atoms with Crippen molar-refractivity contribution in [2.24, 2.45) is 0 Å². The zero-order chi connectivity index (χ0) is 21.4. The molecule has 6 nitrogen and oxygen atoms in total. The van der Waals surface area contributed by atoms with Crippen LogP contribution in [0, 0.1) is 5.82 Å². The predicted octanol–water partition coefficient (Wildman–Crippen LogP) is 2.62. The van der Waals surface area contributed by atoms with Gasteiger partial charge in [-0.25, -0.2) is 21.2 Å². The van der Waals surface area contributed by atoms with Crippen LogP contribution in [0.25, 0.3) is 0 Å². The molecule has 158 valence electrons. The average molecular weight is 452 g/mol. The topological polar surface area (TPSA) is 84.4 Å². The number of sulfonamides is 1. The summed E-state index contributed by atoms with van der Waals surface area (Å²) >= 11 is 0. The second kappa shape index (κ2) is 7.65. The lowest BCUT2D eigenvalue weighted by molar-refractivity contribution is -0.140. The number of aromatic nitrogens is 1. The number of pyridine rings is 1. The summed E-state index contributed by atoms with van der Waals surface area (Å²) in [6, 6.07) is 3.55. The fraction of sp³-hybridized carbons (Fsp3) is 0.353. The van der Waals surface area contributed by atoms with Crippen LogP contribution in [0.4, 0.5) is 17.6 Å². The van der Waals surface area contributed by atoms with Crippen LogP contribution in [0.5, 0.6) is 0 Å². The third-order valence-electron chi connectivity index (χ3n) is 4.53. The van der Waals surface area contributed by atoms with Gasteiger partial charge in [-0.15, -0.1) is 0 Å². The Morgan fingerprint density at radius 2 is 1.93 bits per heavy atom. The highest BCUT2D eigenvalue weighted by atomic mass is 32.2. The summed E-state index contributed by atoms with van der Waals surface area (Å²) in [4.78, 5) is 3.10. The van der Waals surface area contributed by atoms with Crippen molar-refractivity contribution in [1.29, 1.82) is 0 Å². The van der Waals surface area contributed by atoms with Gasteiger partial charge >= 0.3 is 6.18 Å². The summed E-state index contributed by atoms with van der Waals surface area (Å²) in [5, 5.41) is 0. The van der Waals surface area contributed by atoms with Crippen LogP contribution < -0.4 is 0 Å². The van der Waals surface area contributed by atoms with Crippen molar-refractivity contribution in [2.75, 3.05) is 11.5 Å². The van der Waals surface area contributed by atoms with Crippen molar-refractivity contribution in [1.82, 2.24) is 9.29 Å². The Labute approximate surface area is 165 Å². The van der Waals surface area contributed by atoms with E-state index in [4.69, 9.17) is 0 Å². The van der Waals surface area contributed by atoms with Gasteiger partial charge in [0.2, 0.25) is 10.0 Å². The Morgan fingerprint density at radius 1 is 1.21 bits per heavy atom. The van der Waals surface area contributed by atoms with Crippen molar-refractivity contribution in [3.05, 3.63) is 59.7 Å². The summed E-state index contributed by atoms with van der Waals surface area (Å²) in [5.74, 6) is -2.27. The Kier molecular flexibility index (Phi) is 5.71. The molecule has 1 aromatic heterocycles. The van der Waals surface area contributed by atoms with E-state index in [1.165, 1.54) is 12.4 Å². The number of halogens is 4. The van der Waals surface area contributed by atoms with Crippen LogP contribution in [-0.2, 0) is 32.6 Å². The average Bonchev–Trinajstić information content (AvgIpc) is 2.99. The summed E-state index contributed by atoms with van der Waals surface area (Å²) in [5.41, 5.74) is -1.28. The lowest BCUT2D eigenvalue weighted by Gasteiger charge is -2.27. The van der Waals surface area contributed by atoms with Crippen molar-refractivity contribution >= 4 is 19.9 Å². The molecule has 2 aromatic rings. The minimum Gasteiger partial charge on any atom is -0.264 e. The number of sulfone groups is 1. The third kappa shape index (κ3) is 4.75. The van der Waals surface area contributed by atoms with Gasteiger partial charge in [0.25, 0.3) is 0 Å². The van der Waals surface area contributed by atoms with Crippen LogP contribution in [0.1, 0.15) is 17.5 Å². The first-order valence-electron chi connectivity index (χ1n) is 8.38. The standard InChI is InChI=1S/C17H16F4N2O4S2/c18-16-4-3-14(8-15(16)17(19,20)21)29(26,27)23(10-12-2-1-6-22-9-12)13-5-7-28(24,25)11-13/h1-4,6,8-9,13H,5,7,10-11H2/t13-/m0/s1. The molecule has 0 bridgehead atoms. The molecule has 0 amide bonds. The zero-order valence-electron chi connectivity index (χ0n) is 14.8. The van der Waals surface area contributed by atoms with Crippen LogP contribution >= 0.6 is 0 Å². The summed E-state index contributed by atoms with van der Waals surface area (Å²) in [6.07, 6.45) is -2.24. The first-order valence-corrected chi connectivity index (χ1v) is 11.6. The Balaban J connectivity index is 2.07. The van der Waals surface area contributed by atoms with Crippen LogP contribution in [0.15, 0.2) is 47.6 Å². The molecule has 2 heterocycles. The molecule has 1 aromatic carbocycles. The van der Waals surface area contributed by atoms with E-state index in [0.29, 0.717) is 11.6 Å². The minimum atomic E-state index is -5.08. The summed E-state index contributed by atoms with van der Waals surface area (Å²) < 4.78 is 104. The highest BCUT2D eigenvalue weighted by Crippen LogP contribution is 2.34. The number of nitrogens with zero attached hydrogens (tertiary/aromatic N) is 2. The molecule has 29 heavy (non-hydrogen) atoms. The molecule has 3 rings (SSSR count). The molecule has 0 radical (unpaired) electrons. The lowest BCUT2D eigenvalue weighted by Crippen LogP contribution is -2.40. The predicted molar refractivity (Wildman–Crippen MR) is 95.4 cm³/mol. The second-order valence-corrected chi connectivity index (χ2v) is 10.7. The van der Waals surface area contributed by atoms with Crippen molar-refractivity contribution in [3.8, 4) is 0 Å². The quantitative estimate of drug-likeness (QED) is 0.652.